The number of rotatable bonds is 2. The van der Waals surface area contributed by atoms with Crippen LogP contribution in [0, 0.1) is 0 Å². The van der Waals surface area contributed by atoms with Gasteiger partial charge < -0.3 is 9.47 Å². The maximum absolute atomic E-state index is 12.2. The average molecular weight is 274 g/mol. The molecule has 1 aromatic carbocycles. The summed E-state index contributed by atoms with van der Waals surface area (Å²) in [6.07, 6.45) is 0.539. The Morgan fingerprint density at radius 1 is 1.25 bits per heavy atom. The molecule has 0 saturated carbocycles. The van der Waals surface area contributed by atoms with Gasteiger partial charge in [-0.2, -0.15) is 0 Å². The van der Waals surface area contributed by atoms with Crippen molar-refractivity contribution in [1.29, 1.82) is 0 Å². The molecule has 0 amide bonds. The highest BCUT2D eigenvalue weighted by atomic mass is 16.6. The zero-order chi connectivity index (χ0) is 15.0. The summed E-state index contributed by atoms with van der Waals surface area (Å²) in [7, 11) is 0. The fourth-order valence-electron chi connectivity index (χ4n) is 2.40. The lowest BCUT2D eigenvalue weighted by Crippen LogP contribution is -2.26. The van der Waals surface area contributed by atoms with Crippen molar-refractivity contribution in [2.75, 3.05) is 0 Å². The molecule has 0 fully saturated rings. The van der Waals surface area contributed by atoms with E-state index in [0.29, 0.717) is 17.8 Å². The van der Waals surface area contributed by atoms with Crippen LogP contribution in [0.25, 0.3) is 0 Å². The van der Waals surface area contributed by atoms with Gasteiger partial charge in [-0.3, -0.25) is 0 Å². The number of esters is 1. The topological polar surface area (TPSA) is 35.5 Å². The summed E-state index contributed by atoms with van der Waals surface area (Å²) >= 11 is 0. The van der Waals surface area contributed by atoms with Gasteiger partial charge in [0.2, 0.25) is 0 Å². The van der Waals surface area contributed by atoms with Crippen LogP contribution in [0.1, 0.15) is 46.6 Å². The first-order chi connectivity index (χ1) is 9.21. The van der Waals surface area contributed by atoms with Gasteiger partial charge in [-0.15, -0.1) is 0 Å². The summed E-state index contributed by atoms with van der Waals surface area (Å²) in [6, 6.07) is 9.96. The van der Waals surface area contributed by atoms with Crippen LogP contribution in [0.5, 0.6) is 0 Å². The number of benzene rings is 1. The van der Waals surface area contributed by atoms with Crippen LogP contribution in [0.3, 0.4) is 0 Å². The van der Waals surface area contributed by atoms with Crippen molar-refractivity contribution in [3.05, 3.63) is 47.2 Å². The first-order valence-corrected chi connectivity index (χ1v) is 6.89. The van der Waals surface area contributed by atoms with Gasteiger partial charge >= 0.3 is 5.97 Å². The Morgan fingerprint density at radius 3 is 2.40 bits per heavy atom. The maximum Gasteiger partial charge on any atom is 0.338 e. The Hall–Kier alpha value is -1.77. The molecule has 0 aromatic heterocycles. The molecule has 1 aromatic rings. The summed E-state index contributed by atoms with van der Waals surface area (Å²) < 4.78 is 11.4. The third kappa shape index (κ3) is 3.03. The summed E-state index contributed by atoms with van der Waals surface area (Å²) in [6.45, 7) is 9.43. The molecule has 0 saturated heterocycles. The molecule has 2 rings (SSSR count). The third-order valence-corrected chi connectivity index (χ3v) is 3.35. The number of allylic oxidation sites excluding steroid dienone is 1. The molecule has 1 heterocycles. The van der Waals surface area contributed by atoms with Crippen LogP contribution in [0.4, 0.5) is 0 Å². The van der Waals surface area contributed by atoms with E-state index in [1.165, 1.54) is 0 Å². The zero-order valence-corrected chi connectivity index (χ0v) is 12.8. The normalized spacial score (nSPS) is 22.6. The van der Waals surface area contributed by atoms with E-state index in [4.69, 9.17) is 9.47 Å². The summed E-state index contributed by atoms with van der Waals surface area (Å²) in [5, 5.41) is 0. The van der Waals surface area contributed by atoms with Gasteiger partial charge in [0.25, 0.3) is 0 Å². The van der Waals surface area contributed by atoms with Crippen LogP contribution in [0.15, 0.2) is 41.7 Å². The van der Waals surface area contributed by atoms with Gasteiger partial charge in [0.05, 0.1) is 5.57 Å². The molecule has 3 heteroatoms. The Morgan fingerprint density at radius 2 is 1.85 bits per heavy atom. The van der Waals surface area contributed by atoms with Crippen LogP contribution >= 0.6 is 0 Å². The van der Waals surface area contributed by atoms with Gasteiger partial charge in [-0.1, -0.05) is 30.3 Å². The van der Waals surface area contributed by atoms with Crippen LogP contribution in [0.2, 0.25) is 0 Å². The molecular weight excluding hydrogens is 252 g/mol. The van der Waals surface area contributed by atoms with Gasteiger partial charge in [-0.05, 0) is 40.2 Å². The number of carbonyl (C=O) groups excluding carboxylic acids is 1. The van der Waals surface area contributed by atoms with Gasteiger partial charge in [-0.25, -0.2) is 4.79 Å². The van der Waals surface area contributed by atoms with Gasteiger partial charge in [0.15, 0.2) is 0 Å². The molecule has 0 bridgehead atoms. The Bertz CT molecular complexity index is 537. The summed E-state index contributed by atoms with van der Waals surface area (Å²) in [5.74, 6) is 0.375. The minimum absolute atomic E-state index is 0.283. The van der Waals surface area contributed by atoms with E-state index in [2.05, 4.69) is 0 Å². The highest BCUT2D eigenvalue weighted by molar-refractivity contribution is 5.90. The van der Waals surface area contributed by atoms with E-state index in [1.807, 2.05) is 65.0 Å². The maximum atomic E-state index is 12.2. The molecule has 0 N–H and O–H groups in total. The summed E-state index contributed by atoms with van der Waals surface area (Å²) in [5.41, 5.74) is 0.720. The molecule has 3 nitrogen and oxygen atoms in total. The lowest BCUT2D eigenvalue weighted by Gasteiger charge is -2.25. The predicted molar refractivity (Wildman–Crippen MR) is 78.0 cm³/mol. The smallest absolute Gasteiger partial charge is 0.338 e. The second-order valence-corrected chi connectivity index (χ2v) is 6.41. The minimum atomic E-state index is -0.490. The van der Waals surface area contributed by atoms with Crippen molar-refractivity contribution in [3.8, 4) is 0 Å². The molecule has 1 unspecified atom stereocenters. The van der Waals surface area contributed by atoms with E-state index >= 15 is 0 Å². The second-order valence-electron chi connectivity index (χ2n) is 6.41. The molecule has 1 atom stereocenters. The zero-order valence-electron chi connectivity index (χ0n) is 12.8. The Balaban J connectivity index is 2.19. The fourth-order valence-corrected chi connectivity index (χ4v) is 2.40. The molecule has 0 spiro atoms. The van der Waals surface area contributed by atoms with Crippen molar-refractivity contribution in [2.24, 2.45) is 0 Å². The van der Waals surface area contributed by atoms with Crippen molar-refractivity contribution in [3.63, 3.8) is 0 Å². The first kappa shape index (κ1) is 14.6. The summed E-state index contributed by atoms with van der Waals surface area (Å²) in [4.78, 5) is 12.2. The van der Waals surface area contributed by atoms with E-state index in [9.17, 15) is 4.79 Å². The third-order valence-electron chi connectivity index (χ3n) is 3.35. The van der Waals surface area contributed by atoms with Gasteiger partial charge in [0, 0.05) is 6.42 Å². The molecule has 1 aliphatic rings. The van der Waals surface area contributed by atoms with E-state index < -0.39 is 11.2 Å². The monoisotopic (exact) mass is 274 g/mol. The van der Waals surface area contributed by atoms with Gasteiger partial charge in [0.1, 0.15) is 17.0 Å². The number of hydrogen-bond donors (Lipinski definition) is 0. The largest absolute Gasteiger partial charge is 0.487 e. The predicted octanol–water partition coefficient (Wildman–Crippen LogP) is 3.94. The number of hydrogen-bond acceptors (Lipinski definition) is 3. The van der Waals surface area contributed by atoms with Crippen LogP contribution in [-0.4, -0.2) is 11.6 Å². The number of carbonyl (C=O) groups is 1. The fraction of sp³-hybridized carbons (Fsp3) is 0.471. The van der Waals surface area contributed by atoms with Crippen molar-refractivity contribution in [2.45, 2.75) is 52.2 Å². The van der Waals surface area contributed by atoms with Crippen molar-refractivity contribution in [1.82, 2.24) is 0 Å². The quantitative estimate of drug-likeness (QED) is 0.766. The second kappa shape index (κ2) is 4.97. The Labute approximate surface area is 120 Å². The highest BCUT2D eigenvalue weighted by Gasteiger charge is 2.40. The molecule has 108 valence electrons. The molecule has 20 heavy (non-hydrogen) atoms. The average Bonchev–Trinajstić information content (AvgIpc) is 2.65. The lowest BCUT2D eigenvalue weighted by molar-refractivity contribution is -0.150. The van der Waals surface area contributed by atoms with Crippen LogP contribution in [-0.2, 0) is 19.9 Å². The van der Waals surface area contributed by atoms with Crippen molar-refractivity contribution < 1.29 is 14.3 Å². The Kier molecular flexibility index (Phi) is 3.63. The van der Waals surface area contributed by atoms with E-state index in [-0.39, 0.29) is 5.97 Å². The van der Waals surface area contributed by atoms with Crippen LogP contribution < -0.4 is 0 Å². The molecular formula is C17H22O3. The molecule has 0 aliphatic carbocycles. The van der Waals surface area contributed by atoms with E-state index in [0.717, 1.165) is 5.56 Å². The lowest BCUT2D eigenvalue weighted by atomic mass is 9.90. The van der Waals surface area contributed by atoms with E-state index in [1.54, 1.807) is 0 Å². The van der Waals surface area contributed by atoms with Crippen molar-refractivity contribution >= 4 is 5.97 Å². The standard InChI is InChI=1S/C17H22O3/c1-12-14(15(18)20-16(2,3)4)11-17(5,19-12)13-9-7-6-8-10-13/h6-10H,11H2,1-5H3. The first-order valence-electron chi connectivity index (χ1n) is 6.89. The SMILES string of the molecule is CC1=C(C(=O)OC(C)(C)C)CC(C)(c2ccccc2)O1. The molecule has 0 radical (unpaired) electrons. The highest BCUT2D eigenvalue weighted by Crippen LogP contribution is 2.41. The molecule has 1 aliphatic heterocycles. The minimum Gasteiger partial charge on any atom is -0.487 e. The number of ether oxygens (including phenoxy) is 2.